The van der Waals surface area contributed by atoms with Gasteiger partial charge in [0.25, 0.3) is 0 Å². The summed E-state index contributed by atoms with van der Waals surface area (Å²) < 4.78 is 16.5. The van der Waals surface area contributed by atoms with Crippen LogP contribution in [-0.2, 0) is 16.8 Å². The number of nitrogens with one attached hydrogen (secondary N) is 2. The highest BCUT2D eigenvalue weighted by Gasteiger charge is 2.26. The van der Waals surface area contributed by atoms with Gasteiger partial charge in [0.1, 0.15) is 18.1 Å². The van der Waals surface area contributed by atoms with Crippen molar-refractivity contribution in [2.45, 2.75) is 32.8 Å². The van der Waals surface area contributed by atoms with Gasteiger partial charge in [-0.05, 0) is 29.8 Å². The van der Waals surface area contributed by atoms with E-state index in [4.69, 9.17) is 13.9 Å². The molecule has 2 N–H and O–H groups in total. The number of benzene rings is 2. The van der Waals surface area contributed by atoms with Crippen LogP contribution >= 0.6 is 0 Å². The molecule has 4 rings (SSSR count). The van der Waals surface area contributed by atoms with Gasteiger partial charge in [0, 0.05) is 34.6 Å². The van der Waals surface area contributed by atoms with Crippen molar-refractivity contribution in [3.63, 3.8) is 0 Å². The highest BCUT2D eigenvalue weighted by molar-refractivity contribution is 6.09. The number of anilines is 2. The third kappa shape index (κ3) is 5.43. The summed E-state index contributed by atoms with van der Waals surface area (Å²) in [5.41, 5.74) is 1.47. The Balaban J connectivity index is 1.56. The molecule has 0 unspecified atom stereocenters. The molecule has 8 heteroatoms. The first-order valence-electron chi connectivity index (χ1n) is 11.1. The molecule has 2 heterocycles. The van der Waals surface area contributed by atoms with E-state index >= 15 is 0 Å². The van der Waals surface area contributed by atoms with Crippen molar-refractivity contribution in [2.75, 3.05) is 17.7 Å². The largest absolute Gasteiger partial charge is 0.488 e. The summed E-state index contributed by atoms with van der Waals surface area (Å²) in [4.78, 5) is 29.1. The first kappa shape index (κ1) is 23.8. The van der Waals surface area contributed by atoms with Gasteiger partial charge in [0.15, 0.2) is 0 Å². The van der Waals surface area contributed by atoms with Crippen molar-refractivity contribution in [2.24, 2.45) is 0 Å². The lowest BCUT2D eigenvalue weighted by atomic mass is 9.93. The molecule has 0 spiro atoms. The van der Waals surface area contributed by atoms with E-state index in [1.54, 1.807) is 24.5 Å². The number of rotatable bonds is 6. The normalized spacial score (nSPS) is 11.2. The second kappa shape index (κ2) is 9.89. The number of hydrogen-bond acceptors (Lipinski definition) is 6. The quantitative estimate of drug-likeness (QED) is 0.326. The SMILES string of the molecule is COC(=O)c1oc(C(C)(C)C)cc1NC(=O)Nc1ccc(OCc2ccncc2)c2ccccc12. The zero-order valence-corrected chi connectivity index (χ0v) is 20.0. The average molecular weight is 474 g/mol. The minimum atomic E-state index is -0.669. The summed E-state index contributed by atoms with van der Waals surface area (Å²) in [7, 11) is 1.26. The van der Waals surface area contributed by atoms with Gasteiger partial charge in [-0.25, -0.2) is 9.59 Å². The summed E-state index contributed by atoms with van der Waals surface area (Å²) in [5.74, 6) is 0.518. The summed E-state index contributed by atoms with van der Waals surface area (Å²) in [6.45, 7) is 6.23. The van der Waals surface area contributed by atoms with Crippen LogP contribution in [0.2, 0.25) is 0 Å². The smallest absolute Gasteiger partial charge is 0.376 e. The van der Waals surface area contributed by atoms with Crippen molar-refractivity contribution in [1.29, 1.82) is 0 Å². The number of methoxy groups -OCH3 is 1. The van der Waals surface area contributed by atoms with E-state index in [1.165, 1.54) is 7.11 Å². The number of esters is 1. The average Bonchev–Trinajstić information content (AvgIpc) is 3.28. The van der Waals surface area contributed by atoms with Crippen LogP contribution in [0.1, 0.15) is 42.6 Å². The molecule has 0 aliphatic carbocycles. The zero-order valence-electron chi connectivity index (χ0n) is 20.0. The molecule has 2 aromatic heterocycles. The Morgan fingerprint density at radius 3 is 2.31 bits per heavy atom. The van der Waals surface area contributed by atoms with Gasteiger partial charge in [0.2, 0.25) is 5.76 Å². The summed E-state index contributed by atoms with van der Waals surface area (Å²) >= 11 is 0. The second-order valence-corrected chi connectivity index (χ2v) is 8.98. The van der Waals surface area contributed by atoms with Crippen molar-refractivity contribution in [3.05, 3.63) is 84.1 Å². The number of amides is 2. The molecule has 2 amide bonds. The molecular formula is C27H27N3O5. The van der Waals surface area contributed by atoms with Crippen LogP contribution in [0.5, 0.6) is 5.75 Å². The first-order valence-corrected chi connectivity index (χ1v) is 11.1. The van der Waals surface area contributed by atoms with Crippen LogP contribution in [0.3, 0.4) is 0 Å². The van der Waals surface area contributed by atoms with Crippen molar-refractivity contribution < 1.29 is 23.5 Å². The second-order valence-electron chi connectivity index (χ2n) is 8.98. The summed E-state index contributed by atoms with van der Waals surface area (Å²) in [5, 5.41) is 7.24. The maximum absolute atomic E-state index is 12.9. The molecule has 2 aromatic carbocycles. The van der Waals surface area contributed by atoms with Gasteiger partial charge in [0.05, 0.1) is 18.5 Å². The fourth-order valence-corrected chi connectivity index (χ4v) is 3.52. The van der Waals surface area contributed by atoms with Crippen LogP contribution in [0.25, 0.3) is 10.8 Å². The van der Waals surface area contributed by atoms with E-state index in [-0.39, 0.29) is 16.9 Å². The monoisotopic (exact) mass is 473 g/mol. The molecule has 0 radical (unpaired) electrons. The number of aromatic nitrogens is 1. The van der Waals surface area contributed by atoms with Gasteiger partial charge >= 0.3 is 12.0 Å². The number of fused-ring (bicyclic) bond motifs is 1. The molecule has 0 bridgehead atoms. The van der Waals surface area contributed by atoms with Crippen molar-refractivity contribution >= 4 is 34.1 Å². The predicted molar refractivity (Wildman–Crippen MR) is 134 cm³/mol. The van der Waals surface area contributed by atoms with E-state index in [0.717, 1.165) is 16.3 Å². The lowest BCUT2D eigenvalue weighted by Gasteiger charge is -2.14. The highest BCUT2D eigenvalue weighted by Crippen LogP contribution is 2.33. The molecule has 0 aliphatic heterocycles. The predicted octanol–water partition coefficient (Wildman–Crippen LogP) is 6.13. The Labute approximate surface area is 203 Å². The minimum absolute atomic E-state index is 0.0581. The lowest BCUT2D eigenvalue weighted by Crippen LogP contribution is -2.20. The molecule has 8 nitrogen and oxygen atoms in total. The van der Waals surface area contributed by atoms with Crippen LogP contribution in [0.15, 0.2) is 71.4 Å². The van der Waals surface area contributed by atoms with E-state index < -0.39 is 12.0 Å². The Hall–Kier alpha value is -4.33. The van der Waals surface area contributed by atoms with E-state index in [1.807, 2.05) is 63.2 Å². The number of carbonyl (C=O) groups excluding carboxylic acids is 2. The van der Waals surface area contributed by atoms with Crippen LogP contribution in [0, 0.1) is 0 Å². The van der Waals surface area contributed by atoms with Gasteiger partial charge in [-0.2, -0.15) is 0 Å². The van der Waals surface area contributed by atoms with Crippen LogP contribution in [-0.4, -0.2) is 24.1 Å². The van der Waals surface area contributed by atoms with Crippen LogP contribution in [0.4, 0.5) is 16.2 Å². The zero-order chi connectivity index (χ0) is 25.0. The molecule has 0 saturated carbocycles. The van der Waals surface area contributed by atoms with E-state index in [0.29, 0.717) is 23.8 Å². The molecule has 0 saturated heterocycles. The fraction of sp³-hybridized carbons (Fsp3) is 0.222. The maximum atomic E-state index is 12.9. The Morgan fingerprint density at radius 2 is 1.63 bits per heavy atom. The van der Waals surface area contributed by atoms with E-state index in [2.05, 4.69) is 15.6 Å². The number of ether oxygens (including phenoxy) is 2. The van der Waals surface area contributed by atoms with Gasteiger partial charge in [-0.15, -0.1) is 0 Å². The first-order chi connectivity index (χ1) is 16.8. The van der Waals surface area contributed by atoms with Gasteiger partial charge < -0.3 is 24.5 Å². The third-order valence-corrected chi connectivity index (χ3v) is 5.37. The Bertz CT molecular complexity index is 1360. The number of carbonyl (C=O) groups is 2. The maximum Gasteiger partial charge on any atom is 0.376 e. The number of hydrogen-bond donors (Lipinski definition) is 2. The molecule has 35 heavy (non-hydrogen) atoms. The molecule has 180 valence electrons. The van der Waals surface area contributed by atoms with Crippen LogP contribution < -0.4 is 15.4 Å². The van der Waals surface area contributed by atoms with E-state index in [9.17, 15) is 9.59 Å². The van der Waals surface area contributed by atoms with Crippen molar-refractivity contribution in [1.82, 2.24) is 4.98 Å². The van der Waals surface area contributed by atoms with Gasteiger partial charge in [-0.3, -0.25) is 4.98 Å². The topological polar surface area (TPSA) is 103 Å². The fourth-order valence-electron chi connectivity index (χ4n) is 3.52. The minimum Gasteiger partial charge on any atom is -0.488 e. The third-order valence-electron chi connectivity index (χ3n) is 5.37. The number of urea groups is 1. The van der Waals surface area contributed by atoms with Crippen molar-refractivity contribution in [3.8, 4) is 5.75 Å². The Morgan fingerprint density at radius 1 is 0.943 bits per heavy atom. The number of pyridine rings is 1. The summed E-state index contributed by atoms with van der Waals surface area (Å²) in [6, 6.07) is 16.1. The Kier molecular flexibility index (Phi) is 6.73. The molecule has 0 fully saturated rings. The highest BCUT2D eigenvalue weighted by atomic mass is 16.5. The molecule has 0 atom stereocenters. The lowest BCUT2D eigenvalue weighted by molar-refractivity contribution is 0.0563. The number of nitrogens with zero attached hydrogens (tertiary/aromatic N) is 1. The molecular weight excluding hydrogens is 446 g/mol. The molecule has 0 aliphatic rings. The standard InChI is InChI=1S/C27H27N3O5/c1-27(2,3)23-15-21(24(35-23)25(31)33-4)30-26(32)29-20-9-10-22(19-8-6-5-7-18(19)20)34-16-17-11-13-28-14-12-17/h5-15H,16H2,1-4H3,(H2,29,30,32). The summed E-state index contributed by atoms with van der Waals surface area (Å²) in [6.07, 6.45) is 3.44. The molecule has 4 aromatic rings. The van der Waals surface area contributed by atoms with Gasteiger partial charge in [-0.1, -0.05) is 45.0 Å². The number of furan rings is 1.